The third-order valence-corrected chi connectivity index (χ3v) is 6.14. The number of methoxy groups -OCH3 is 1. The zero-order valence-electron chi connectivity index (χ0n) is 16.9. The summed E-state index contributed by atoms with van der Waals surface area (Å²) >= 11 is 0. The predicted octanol–water partition coefficient (Wildman–Crippen LogP) is 5.39. The van der Waals surface area contributed by atoms with E-state index in [0.29, 0.717) is 12.1 Å². The second-order valence-electron chi connectivity index (χ2n) is 7.88. The van der Waals surface area contributed by atoms with Crippen LogP contribution in [0, 0.1) is 0 Å². The molecule has 1 aliphatic rings. The summed E-state index contributed by atoms with van der Waals surface area (Å²) in [6.45, 7) is 2.28. The standard InChI is InChI=1S/C24H30N2O/c1-5-24(25(2)3)26-22-13-11-18(17-9-7-6-8-10-17)15-20(22)21-16-19(27-4)12-14-23(21)26/h6-10,12,14,16,18,24H,5,11,13,15H2,1-4H3. The molecule has 1 aliphatic carbocycles. The van der Waals surface area contributed by atoms with Gasteiger partial charge in [-0.3, -0.25) is 4.90 Å². The van der Waals surface area contributed by atoms with E-state index in [2.05, 4.69) is 79.0 Å². The summed E-state index contributed by atoms with van der Waals surface area (Å²) in [5.41, 5.74) is 5.84. The van der Waals surface area contributed by atoms with Crippen molar-refractivity contribution in [1.82, 2.24) is 9.47 Å². The number of hydrogen-bond donors (Lipinski definition) is 0. The summed E-state index contributed by atoms with van der Waals surface area (Å²) in [4.78, 5) is 2.34. The number of fused-ring (bicyclic) bond motifs is 3. The molecule has 142 valence electrons. The third-order valence-electron chi connectivity index (χ3n) is 6.14. The molecular weight excluding hydrogens is 332 g/mol. The Morgan fingerprint density at radius 2 is 1.93 bits per heavy atom. The SMILES string of the molecule is CCC(N(C)C)n1c2c(c3cc(OC)ccc31)CC(c1ccccc1)CC2. The van der Waals surface area contributed by atoms with Gasteiger partial charge in [0.1, 0.15) is 5.75 Å². The zero-order chi connectivity index (χ0) is 19.0. The van der Waals surface area contributed by atoms with Crippen LogP contribution in [-0.4, -0.2) is 30.7 Å². The van der Waals surface area contributed by atoms with Crippen LogP contribution in [0.1, 0.15) is 48.7 Å². The lowest BCUT2D eigenvalue weighted by Crippen LogP contribution is -2.27. The van der Waals surface area contributed by atoms with Crippen LogP contribution in [0.2, 0.25) is 0 Å². The van der Waals surface area contributed by atoms with Crippen LogP contribution in [0.5, 0.6) is 5.75 Å². The monoisotopic (exact) mass is 362 g/mol. The van der Waals surface area contributed by atoms with Gasteiger partial charge in [0.15, 0.2) is 0 Å². The van der Waals surface area contributed by atoms with E-state index >= 15 is 0 Å². The number of aromatic nitrogens is 1. The van der Waals surface area contributed by atoms with Crippen molar-refractivity contribution in [2.75, 3.05) is 21.2 Å². The fourth-order valence-electron chi connectivity index (χ4n) is 4.83. The first-order valence-corrected chi connectivity index (χ1v) is 10.0. The average molecular weight is 363 g/mol. The van der Waals surface area contributed by atoms with Crippen molar-refractivity contribution in [2.24, 2.45) is 0 Å². The highest BCUT2D eigenvalue weighted by Crippen LogP contribution is 2.41. The summed E-state index contributed by atoms with van der Waals surface area (Å²) in [5, 5.41) is 1.37. The molecule has 4 rings (SSSR count). The maximum atomic E-state index is 5.55. The fourth-order valence-corrected chi connectivity index (χ4v) is 4.83. The molecule has 0 amide bonds. The van der Waals surface area contributed by atoms with E-state index < -0.39 is 0 Å². The number of nitrogens with zero attached hydrogens (tertiary/aromatic N) is 2. The molecule has 0 spiro atoms. The molecule has 3 aromatic rings. The summed E-state index contributed by atoms with van der Waals surface area (Å²) in [7, 11) is 6.13. The van der Waals surface area contributed by atoms with Gasteiger partial charge >= 0.3 is 0 Å². The number of rotatable bonds is 5. The Labute approximate surface area is 162 Å². The van der Waals surface area contributed by atoms with Crippen molar-refractivity contribution in [2.45, 2.75) is 44.7 Å². The van der Waals surface area contributed by atoms with Gasteiger partial charge in [-0.15, -0.1) is 0 Å². The largest absolute Gasteiger partial charge is 0.497 e. The van der Waals surface area contributed by atoms with E-state index in [-0.39, 0.29) is 0 Å². The number of benzene rings is 2. The van der Waals surface area contributed by atoms with Gasteiger partial charge in [-0.1, -0.05) is 37.3 Å². The first-order chi connectivity index (χ1) is 13.1. The molecule has 2 aromatic carbocycles. The summed E-state index contributed by atoms with van der Waals surface area (Å²) in [5.74, 6) is 1.55. The summed E-state index contributed by atoms with van der Waals surface area (Å²) < 4.78 is 8.14. The van der Waals surface area contributed by atoms with Crippen molar-refractivity contribution < 1.29 is 4.74 Å². The van der Waals surface area contributed by atoms with Crippen molar-refractivity contribution in [1.29, 1.82) is 0 Å². The van der Waals surface area contributed by atoms with Gasteiger partial charge in [0.2, 0.25) is 0 Å². The quantitative estimate of drug-likeness (QED) is 0.605. The smallest absolute Gasteiger partial charge is 0.119 e. The van der Waals surface area contributed by atoms with Crippen molar-refractivity contribution in [3.8, 4) is 5.75 Å². The Kier molecular flexibility index (Phi) is 4.96. The molecule has 0 saturated heterocycles. The van der Waals surface area contributed by atoms with Gasteiger partial charge in [0.05, 0.1) is 18.8 Å². The molecule has 2 atom stereocenters. The normalized spacial score (nSPS) is 17.9. The highest BCUT2D eigenvalue weighted by Gasteiger charge is 2.29. The summed E-state index contributed by atoms with van der Waals surface area (Å²) in [6, 6.07) is 17.6. The molecule has 3 heteroatoms. The molecule has 27 heavy (non-hydrogen) atoms. The van der Waals surface area contributed by atoms with Crippen molar-refractivity contribution >= 4 is 10.9 Å². The minimum absolute atomic E-state index is 0.387. The van der Waals surface area contributed by atoms with Gasteiger partial charge in [-0.2, -0.15) is 0 Å². The molecule has 0 radical (unpaired) electrons. The van der Waals surface area contributed by atoms with E-state index in [4.69, 9.17) is 4.74 Å². The van der Waals surface area contributed by atoms with Gasteiger partial charge in [0.25, 0.3) is 0 Å². The number of ether oxygens (including phenoxy) is 1. The second-order valence-corrected chi connectivity index (χ2v) is 7.88. The van der Waals surface area contributed by atoms with E-state index in [9.17, 15) is 0 Å². The molecule has 0 saturated carbocycles. The lowest BCUT2D eigenvalue weighted by molar-refractivity contribution is 0.210. The van der Waals surface area contributed by atoms with E-state index in [1.807, 2.05) is 0 Å². The van der Waals surface area contributed by atoms with Crippen molar-refractivity contribution in [3.05, 3.63) is 65.4 Å². The third kappa shape index (κ3) is 3.14. The Balaban J connectivity index is 1.87. The van der Waals surface area contributed by atoms with Gasteiger partial charge in [-0.05, 0) is 75.0 Å². The Morgan fingerprint density at radius 3 is 2.59 bits per heavy atom. The highest BCUT2D eigenvalue weighted by molar-refractivity contribution is 5.87. The minimum atomic E-state index is 0.387. The van der Waals surface area contributed by atoms with Crippen LogP contribution in [0.25, 0.3) is 10.9 Å². The maximum Gasteiger partial charge on any atom is 0.119 e. The Hall–Kier alpha value is -2.26. The van der Waals surface area contributed by atoms with E-state index in [1.165, 1.54) is 34.1 Å². The molecular formula is C24H30N2O. The van der Waals surface area contributed by atoms with E-state index in [1.54, 1.807) is 7.11 Å². The van der Waals surface area contributed by atoms with Crippen LogP contribution in [0.3, 0.4) is 0 Å². The topological polar surface area (TPSA) is 17.4 Å². The lowest BCUT2D eigenvalue weighted by atomic mass is 9.82. The van der Waals surface area contributed by atoms with Crippen LogP contribution in [0.4, 0.5) is 0 Å². The van der Waals surface area contributed by atoms with Gasteiger partial charge in [0, 0.05) is 11.1 Å². The molecule has 2 unspecified atom stereocenters. The molecule has 0 fully saturated rings. The zero-order valence-corrected chi connectivity index (χ0v) is 16.9. The maximum absolute atomic E-state index is 5.55. The van der Waals surface area contributed by atoms with Crippen LogP contribution in [-0.2, 0) is 12.8 Å². The average Bonchev–Trinajstić information content (AvgIpc) is 3.02. The first-order valence-electron chi connectivity index (χ1n) is 10.0. The first kappa shape index (κ1) is 18.1. The van der Waals surface area contributed by atoms with Crippen LogP contribution >= 0.6 is 0 Å². The molecule has 0 bridgehead atoms. The fraction of sp³-hybridized carbons (Fsp3) is 0.417. The Bertz CT molecular complexity index is 926. The molecule has 1 heterocycles. The minimum Gasteiger partial charge on any atom is -0.497 e. The molecule has 3 nitrogen and oxygen atoms in total. The van der Waals surface area contributed by atoms with E-state index in [0.717, 1.165) is 25.0 Å². The summed E-state index contributed by atoms with van der Waals surface area (Å²) in [6.07, 6.45) is 4.94. The predicted molar refractivity (Wildman–Crippen MR) is 113 cm³/mol. The highest BCUT2D eigenvalue weighted by atomic mass is 16.5. The van der Waals surface area contributed by atoms with Gasteiger partial charge in [-0.25, -0.2) is 0 Å². The Morgan fingerprint density at radius 1 is 1.15 bits per heavy atom. The molecule has 0 N–H and O–H groups in total. The second kappa shape index (κ2) is 7.40. The lowest BCUT2D eigenvalue weighted by Gasteiger charge is -2.30. The van der Waals surface area contributed by atoms with Crippen molar-refractivity contribution in [3.63, 3.8) is 0 Å². The van der Waals surface area contributed by atoms with Crippen LogP contribution < -0.4 is 4.74 Å². The molecule has 1 aromatic heterocycles. The molecule has 0 aliphatic heterocycles. The number of hydrogen-bond acceptors (Lipinski definition) is 2. The van der Waals surface area contributed by atoms with Crippen LogP contribution in [0.15, 0.2) is 48.5 Å². The van der Waals surface area contributed by atoms with Gasteiger partial charge < -0.3 is 9.30 Å².